The molecule has 1 atom stereocenters. The van der Waals surface area contributed by atoms with Crippen molar-refractivity contribution in [2.45, 2.75) is 20.0 Å². The standard InChI is InChI=1S/C8H10N2OS/c1-3-11-7(4-9)8-10-6(2)5-12-8/h5,7H,3H2,1-2H3. The maximum absolute atomic E-state index is 8.71. The molecule has 0 saturated heterocycles. The number of aryl methyl sites for hydroxylation is 1. The molecule has 4 heteroatoms. The van der Waals surface area contributed by atoms with E-state index in [0.717, 1.165) is 10.7 Å². The van der Waals surface area contributed by atoms with Crippen LogP contribution in [0.4, 0.5) is 0 Å². The molecule has 1 aromatic rings. The predicted octanol–water partition coefficient (Wildman–Crippen LogP) is 2.05. The van der Waals surface area contributed by atoms with E-state index >= 15 is 0 Å². The Kier molecular flexibility index (Phi) is 3.20. The normalized spacial score (nSPS) is 12.4. The molecule has 0 bridgehead atoms. The molecule has 0 fully saturated rings. The molecule has 1 heterocycles. The molecular weight excluding hydrogens is 172 g/mol. The van der Waals surface area contributed by atoms with Crippen LogP contribution in [0.3, 0.4) is 0 Å². The summed E-state index contributed by atoms with van der Waals surface area (Å²) in [6.45, 7) is 4.31. The lowest BCUT2D eigenvalue weighted by atomic mass is 10.4. The summed E-state index contributed by atoms with van der Waals surface area (Å²) in [7, 11) is 0. The fourth-order valence-electron chi connectivity index (χ4n) is 0.823. The lowest BCUT2D eigenvalue weighted by Crippen LogP contribution is -2.00. The average Bonchev–Trinajstić information content (AvgIpc) is 2.47. The SMILES string of the molecule is CCOC(C#N)c1nc(C)cs1. The van der Waals surface area contributed by atoms with Crippen molar-refractivity contribution in [3.63, 3.8) is 0 Å². The molecule has 0 saturated carbocycles. The molecule has 0 amide bonds. The van der Waals surface area contributed by atoms with Crippen molar-refractivity contribution in [3.8, 4) is 6.07 Å². The zero-order chi connectivity index (χ0) is 8.97. The number of hydrogen-bond acceptors (Lipinski definition) is 4. The van der Waals surface area contributed by atoms with E-state index in [-0.39, 0.29) is 0 Å². The zero-order valence-electron chi connectivity index (χ0n) is 7.07. The van der Waals surface area contributed by atoms with Gasteiger partial charge in [0, 0.05) is 17.7 Å². The molecule has 0 spiro atoms. The third-order valence-electron chi connectivity index (χ3n) is 1.31. The van der Waals surface area contributed by atoms with Gasteiger partial charge >= 0.3 is 0 Å². The molecule has 0 N–H and O–H groups in total. The van der Waals surface area contributed by atoms with E-state index in [0.29, 0.717) is 6.61 Å². The number of nitriles is 1. The Hall–Kier alpha value is -0.920. The van der Waals surface area contributed by atoms with Crippen molar-refractivity contribution in [3.05, 3.63) is 16.1 Å². The fraction of sp³-hybridized carbons (Fsp3) is 0.500. The Morgan fingerprint density at radius 3 is 3.00 bits per heavy atom. The van der Waals surface area contributed by atoms with Gasteiger partial charge < -0.3 is 4.74 Å². The van der Waals surface area contributed by atoms with Crippen molar-refractivity contribution in [2.24, 2.45) is 0 Å². The van der Waals surface area contributed by atoms with E-state index in [2.05, 4.69) is 11.1 Å². The number of nitrogens with zero attached hydrogens (tertiary/aromatic N) is 2. The zero-order valence-corrected chi connectivity index (χ0v) is 7.89. The lowest BCUT2D eigenvalue weighted by Gasteiger charge is -2.03. The second kappa shape index (κ2) is 4.19. The topological polar surface area (TPSA) is 45.9 Å². The van der Waals surface area contributed by atoms with Crippen LogP contribution in [0.15, 0.2) is 5.38 Å². The van der Waals surface area contributed by atoms with E-state index in [1.54, 1.807) is 0 Å². The minimum absolute atomic E-state index is 0.492. The maximum Gasteiger partial charge on any atom is 0.195 e. The maximum atomic E-state index is 8.71. The molecular formula is C8H10N2OS. The Labute approximate surface area is 75.6 Å². The van der Waals surface area contributed by atoms with Crippen molar-refractivity contribution in [2.75, 3.05) is 6.61 Å². The van der Waals surface area contributed by atoms with Gasteiger partial charge in [-0.2, -0.15) is 5.26 Å². The van der Waals surface area contributed by atoms with Gasteiger partial charge in [0.05, 0.1) is 0 Å². The summed E-state index contributed by atoms with van der Waals surface area (Å²) >= 11 is 1.46. The monoisotopic (exact) mass is 182 g/mol. The molecule has 1 rings (SSSR count). The van der Waals surface area contributed by atoms with Crippen LogP contribution in [0, 0.1) is 18.3 Å². The first-order valence-electron chi connectivity index (χ1n) is 3.71. The molecule has 0 aliphatic carbocycles. The predicted molar refractivity (Wildman–Crippen MR) is 46.8 cm³/mol. The molecule has 1 unspecified atom stereocenters. The molecule has 64 valence electrons. The highest BCUT2D eigenvalue weighted by Crippen LogP contribution is 2.20. The van der Waals surface area contributed by atoms with Crippen LogP contribution in [-0.2, 0) is 4.74 Å². The second-order valence-corrected chi connectivity index (χ2v) is 3.18. The van der Waals surface area contributed by atoms with Crippen molar-refractivity contribution < 1.29 is 4.74 Å². The molecule has 12 heavy (non-hydrogen) atoms. The van der Waals surface area contributed by atoms with Gasteiger partial charge in [-0.25, -0.2) is 4.98 Å². The first-order valence-corrected chi connectivity index (χ1v) is 4.59. The summed E-state index contributed by atoms with van der Waals surface area (Å²) in [5.74, 6) is 0. The summed E-state index contributed by atoms with van der Waals surface area (Å²) < 4.78 is 5.18. The van der Waals surface area contributed by atoms with Crippen molar-refractivity contribution in [1.29, 1.82) is 5.26 Å². The summed E-state index contributed by atoms with van der Waals surface area (Å²) in [4.78, 5) is 4.17. The van der Waals surface area contributed by atoms with Gasteiger partial charge in [-0.05, 0) is 13.8 Å². The smallest absolute Gasteiger partial charge is 0.195 e. The van der Waals surface area contributed by atoms with Gasteiger partial charge in [-0.3, -0.25) is 0 Å². The first-order chi connectivity index (χ1) is 5.77. The number of rotatable bonds is 3. The Bertz CT molecular complexity index is 289. The summed E-state index contributed by atoms with van der Waals surface area (Å²) in [5, 5.41) is 11.4. The van der Waals surface area contributed by atoms with Crippen molar-refractivity contribution >= 4 is 11.3 Å². The van der Waals surface area contributed by atoms with E-state index < -0.39 is 6.10 Å². The quantitative estimate of drug-likeness (QED) is 0.718. The molecule has 0 aliphatic heterocycles. The van der Waals surface area contributed by atoms with Crippen LogP contribution in [0.1, 0.15) is 23.7 Å². The third-order valence-corrected chi connectivity index (χ3v) is 2.32. The van der Waals surface area contributed by atoms with E-state index in [1.807, 2.05) is 19.2 Å². The Balaban J connectivity index is 2.74. The summed E-state index contributed by atoms with van der Waals surface area (Å²) in [6, 6.07) is 2.06. The van der Waals surface area contributed by atoms with Crippen LogP contribution in [0.5, 0.6) is 0 Å². The van der Waals surface area contributed by atoms with Crippen LogP contribution < -0.4 is 0 Å². The molecule has 0 aromatic carbocycles. The highest BCUT2D eigenvalue weighted by atomic mass is 32.1. The lowest BCUT2D eigenvalue weighted by molar-refractivity contribution is 0.102. The molecule has 1 aromatic heterocycles. The fourth-order valence-corrected chi connectivity index (χ4v) is 1.61. The average molecular weight is 182 g/mol. The number of aromatic nitrogens is 1. The van der Waals surface area contributed by atoms with E-state index in [1.165, 1.54) is 11.3 Å². The molecule has 0 radical (unpaired) electrons. The van der Waals surface area contributed by atoms with Crippen LogP contribution in [0.25, 0.3) is 0 Å². The number of thiazole rings is 1. The van der Waals surface area contributed by atoms with E-state index in [4.69, 9.17) is 10.00 Å². The number of ether oxygens (including phenoxy) is 1. The van der Waals surface area contributed by atoms with E-state index in [9.17, 15) is 0 Å². The second-order valence-electron chi connectivity index (χ2n) is 2.29. The van der Waals surface area contributed by atoms with Gasteiger partial charge in [0.2, 0.25) is 0 Å². The van der Waals surface area contributed by atoms with Crippen molar-refractivity contribution in [1.82, 2.24) is 4.98 Å². The number of hydrogen-bond donors (Lipinski definition) is 0. The van der Waals surface area contributed by atoms with Crippen LogP contribution >= 0.6 is 11.3 Å². The molecule has 0 aliphatic rings. The highest BCUT2D eigenvalue weighted by molar-refractivity contribution is 7.09. The summed E-state index contributed by atoms with van der Waals surface area (Å²) in [6.07, 6.45) is -0.492. The van der Waals surface area contributed by atoms with Gasteiger partial charge in [0.1, 0.15) is 11.1 Å². The summed E-state index contributed by atoms with van der Waals surface area (Å²) in [5.41, 5.74) is 0.940. The Morgan fingerprint density at radius 1 is 1.83 bits per heavy atom. The van der Waals surface area contributed by atoms with Crippen LogP contribution in [0.2, 0.25) is 0 Å². The highest BCUT2D eigenvalue weighted by Gasteiger charge is 2.13. The van der Waals surface area contributed by atoms with Gasteiger partial charge in [0.15, 0.2) is 6.10 Å². The minimum atomic E-state index is -0.492. The minimum Gasteiger partial charge on any atom is -0.356 e. The Morgan fingerprint density at radius 2 is 2.58 bits per heavy atom. The third kappa shape index (κ3) is 2.03. The van der Waals surface area contributed by atoms with Gasteiger partial charge in [-0.15, -0.1) is 11.3 Å². The first kappa shape index (κ1) is 9.17. The molecule has 3 nitrogen and oxygen atoms in total. The van der Waals surface area contributed by atoms with Crippen LogP contribution in [-0.4, -0.2) is 11.6 Å². The van der Waals surface area contributed by atoms with Gasteiger partial charge in [-0.1, -0.05) is 0 Å². The largest absolute Gasteiger partial charge is 0.356 e. The van der Waals surface area contributed by atoms with Gasteiger partial charge in [0.25, 0.3) is 0 Å².